The van der Waals surface area contributed by atoms with Gasteiger partial charge in [0.25, 0.3) is 0 Å². The van der Waals surface area contributed by atoms with E-state index in [2.05, 4.69) is 36.6 Å². The number of hydrogen-bond donors (Lipinski definition) is 2. The Bertz CT molecular complexity index is 1140. The highest BCUT2D eigenvalue weighted by molar-refractivity contribution is 5.95. The molecule has 0 aliphatic carbocycles. The molecule has 3 rings (SSSR count). The summed E-state index contributed by atoms with van der Waals surface area (Å²) < 4.78 is 44.2. The zero-order chi connectivity index (χ0) is 29.4. The highest BCUT2D eigenvalue weighted by Gasteiger charge is 2.34. The van der Waals surface area contributed by atoms with Gasteiger partial charge in [0.1, 0.15) is 11.6 Å². The van der Waals surface area contributed by atoms with Crippen molar-refractivity contribution in [2.75, 3.05) is 11.9 Å². The predicted octanol–water partition coefficient (Wildman–Crippen LogP) is 5.65. The van der Waals surface area contributed by atoms with Gasteiger partial charge in [0, 0.05) is 31.6 Å². The summed E-state index contributed by atoms with van der Waals surface area (Å²) in [5.74, 6) is -0.354. The Morgan fingerprint density at radius 2 is 1.62 bits per heavy atom. The Kier molecular flexibility index (Phi) is 10.9. The number of hydrogen-bond acceptors (Lipinski definition) is 4. The van der Waals surface area contributed by atoms with Crippen LogP contribution in [0.15, 0.2) is 48.5 Å². The molecule has 7 nitrogen and oxygen atoms in total. The number of ether oxygens (including phenoxy) is 1. The lowest BCUT2D eigenvalue weighted by atomic mass is 9.99. The Labute approximate surface area is 228 Å². The van der Waals surface area contributed by atoms with E-state index in [9.17, 15) is 27.6 Å². The smallest absolute Gasteiger partial charge is 0.416 e. The second-order valence-corrected chi connectivity index (χ2v) is 10.5. The summed E-state index contributed by atoms with van der Waals surface area (Å²) in [6, 6.07) is 12.2. The van der Waals surface area contributed by atoms with Gasteiger partial charge in [-0.3, -0.25) is 9.59 Å². The molecule has 1 heterocycles. The molecule has 1 atom stereocenters. The first-order chi connectivity index (χ1) is 18.1. The molecule has 2 aromatic rings. The third kappa shape index (κ3) is 9.60. The average Bonchev–Trinajstić information content (AvgIpc) is 3.00. The maximum absolute atomic E-state index is 13.1. The number of para-hydroxylation sites is 1. The van der Waals surface area contributed by atoms with Crippen LogP contribution in [0.5, 0.6) is 0 Å². The number of carbonyl (C=O) groups is 3. The van der Waals surface area contributed by atoms with E-state index < -0.39 is 35.4 Å². The van der Waals surface area contributed by atoms with E-state index in [1.807, 2.05) is 17.0 Å². The maximum atomic E-state index is 13.1. The summed E-state index contributed by atoms with van der Waals surface area (Å²) in [5.41, 5.74) is 0.688. The van der Waals surface area contributed by atoms with Gasteiger partial charge in [-0.2, -0.15) is 13.2 Å². The predicted molar refractivity (Wildman–Crippen MR) is 144 cm³/mol. The highest BCUT2D eigenvalue weighted by atomic mass is 19.4. The summed E-state index contributed by atoms with van der Waals surface area (Å²) in [6.45, 7) is 9.06. The van der Waals surface area contributed by atoms with Crippen molar-refractivity contribution in [3.63, 3.8) is 0 Å². The fourth-order valence-electron chi connectivity index (χ4n) is 4.24. The summed E-state index contributed by atoms with van der Waals surface area (Å²) in [6.07, 6.45) is -3.07. The number of anilines is 1. The number of carbonyl (C=O) groups excluding carboxylic acids is 3. The van der Waals surface area contributed by atoms with E-state index in [4.69, 9.17) is 4.74 Å². The third-order valence-electron chi connectivity index (χ3n) is 5.87. The van der Waals surface area contributed by atoms with Crippen LogP contribution < -0.4 is 15.5 Å². The Hall–Kier alpha value is -3.56. The van der Waals surface area contributed by atoms with Crippen LogP contribution in [0, 0.1) is 0 Å². The van der Waals surface area contributed by atoms with E-state index in [1.165, 1.54) is 30.8 Å². The number of likely N-dealkylation sites (N-methyl/N-ethyl adjacent to an activating group) is 1. The minimum Gasteiger partial charge on any atom is -0.444 e. The fraction of sp³-hybridized carbons (Fsp3) is 0.483. The molecule has 0 saturated carbocycles. The molecule has 1 aliphatic rings. The molecule has 39 heavy (non-hydrogen) atoms. The van der Waals surface area contributed by atoms with Gasteiger partial charge in [-0.15, -0.1) is 0 Å². The van der Waals surface area contributed by atoms with Gasteiger partial charge in [-0.25, -0.2) is 4.79 Å². The number of benzene rings is 2. The second kappa shape index (κ2) is 13.5. The number of halogens is 3. The van der Waals surface area contributed by atoms with Crippen LogP contribution in [0.25, 0.3) is 0 Å². The molecule has 0 bridgehead atoms. The zero-order valence-electron chi connectivity index (χ0n) is 23.3. The Morgan fingerprint density at radius 3 is 2.21 bits per heavy atom. The number of rotatable bonds is 5. The van der Waals surface area contributed by atoms with Crippen molar-refractivity contribution in [2.24, 2.45) is 0 Å². The normalized spacial score (nSPS) is 14.4. The first-order valence-electron chi connectivity index (χ1n) is 12.9. The zero-order valence-corrected chi connectivity index (χ0v) is 23.3. The summed E-state index contributed by atoms with van der Waals surface area (Å²) in [7, 11) is 1.34. The van der Waals surface area contributed by atoms with Gasteiger partial charge in [0.15, 0.2) is 0 Å². The van der Waals surface area contributed by atoms with Crippen molar-refractivity contribution in [3.05, 3.63) is 65.2 Å². The van der Waals surface area contributed by atoms with Gasteiger partial charge >= 0.3 is 12.3 Å². The molecule has 3 amide bonds. The SMILES string of the molecule is CC(C)N1C(=O)CCCc2ccccc21.CNC(=O)C(Cc1ccccc1C(F)(F)F)NC(=O)OC(C)(C)C. The lowest BCUT2D eigenvalue weighted by Gasteiger charge is -2.26. The second-order valence-electron chi connectivity index (χ2n) is 10.5. The topological polar surface area (TPSA) is 87.7 Å². The molecule has 0 spiro atoms. The first kappa shape index (κ1) is 31.7. The van der Waals surface area contributed by atoms with E-state index in [-0.39, 0.29) is 23.9 Å². The van der Waals surface area contributed by atoms with Crippen molar-refractivity contribution in [1.82, 2.24) is 10.6 Å². The monoisotopic (exact) mass is 549 g/mol. The summed E-state index contributed by atoms with van der Waals surface area (Å²) >= 11 is 0. The number of nitrogens with one attached hydrogen (secondary N) is 2. The molecule has 10 heteroatoms. The standard InChI is InChI=1S/C16H21F3N2O3.C13H17NO/c1-15(2,3)24-14(23)21-12(13(22)20-4)9-10-7-5-6-8-11(10)16(17,18)19;1-10(2)14-12-8-4-3-6-11(12)7-5-9-13(14)15/h5-8,12H,9H2,1-4H3,(H,20,22)(H,21,23);3-4,6,8,10H,5,7,9H2,1-2H3. The molecule has 0 fully saturated rings. The van der Waals surface area contributed by atoms with E-state index >= 15 is 0 Å². The van der Waals surface area contributed by atoms with E-state index in [0.717, 1.165) is 24.6 Å². The van der Waals surface area contributed by atoms with Crippen LogP contribution in [0.3, 0.4) is 0 Å². The number of aryl methyl sites for hydroxylation is 1. The molecule has 214 valence electrons. The number of amides is 3. The van der Waals surface area contributed by atoms with E-state index in [1.54, 1.807) is 20.8 Å². The van der Waals surface area contributed by atoms with Gasteiger partial charge in [-0.05, 0) is 70.7 Å². The average molecular weight is 550 g/mol. The van der Waals surface area contributed by atoms with Gasteiger partial charge in [-0.1, -0.05) is 36.4 Å². The van der Waals surface area contributed by atoms with E-state index in [0.29, 0.717) is 6.42 Å². The number of alkyl carbamates (subject to hydrolysis) is 1. The van der Waals surface area contributed by atoms with Crippen molar-refractivity contribution >= 4 is 23.6 Å². The van der Waals surface area contributed by atoms with Crippen LogP contribution in [0.2, 0.25) is 0 Å². The van der Waals surface area contributed by atoms with Crippen molar-refractivity contribution in [2.45, 2.75) is 84.2 Å². The molecule has 0 radical (unpaired) electrons. The van der Waals surface area contributed by atoms with Crippen molar-refractivity contribution in [3.8, 4) is 0 Å². The molecule has 1 aliphatic heterocycles. The molecule has 1 unspecified atom stereocenters. The fourth-order valence-corrected chi connectivity index (χ4v) is 4.24. The van der Waals surface area contributed by atoms with Crippen LogP contribution in [-0.2, 0) is 33.3 Å². The van der Waals surface area contributed by atoms with Gasteiger partial charge in [0.05, 0.1) is 5.56 Å². The first-order valence-corrected chi connectivity index (χ1v) is 12.9. The maximum Gasteiger partial charge on any atom is 0.416 e. The lowest BCUT2D eigenvalue weighted by molar-refractivity contribution is -0.138. The van der Waals surface area contributed by atoms with Crippen molar-refractivity contribution in [1.29, 1.82) is 0 Å². The van der Waals surface area contributed by atoms with Crippen LogP contribution in [-0.4, -0.2) is 42.6 Å². The quantitative estimate of drug-likeness (QED) is 0.505. The van der Waals surface area contributed by atoms with Gasteiger partial charge < -0.3 is 20.3 Å². The van der Waals surface area contributed by atoms with Crippen LogP contribution in [0.1, 0.15) is 64.2 Å². The molecule has 0 aromatic heterocycles. The molecular formula is C29H38F3N3O4. The Balaban J connectivity index is 0.000000302. The summed E-state index contributed by atoms with van der Waals surface area (Å²) in [4.78, 5) is 37.6. The van der Waals surface area contributed by atoms with Crippen LogP contribution >= 0.6 is 0 Å². The Morgan fingerprint density at radius 1 is 1.00 bits per heavy atom. The minimum atomic E-state index is -4.55. The lowest BCUT2D eigenvalue weighted by Crippen LogP contribution is -2.48. The minimum absolute atomic E-state index is 0.0883. The summed E-state index contributed by atoms with van der Waals surface area (Å²) in [5, 5.41) is 4.63. The number of fused-ring (bicyclic) bond motifs is 1. The molecule has 2 N–H and O–H groups in total. The van der Waals surface area contributed by atoms with Crippen molar-refractivity contribution < 1.29 is 32.3 Å². The molecule has 2 aromatic carbocycles. The van der Waals surface area contributed by atoms with Gasteiger partial charge in [0.2, 0.25) is 11.8 Å². The third-order valence-corrected chi connectivity index (χ3v) is 5.87. The largest absolute Gasteiger partial charge is 0.444 e. The molecular weight excluding hydrogens is 511 g/mol. The highest BCUT2D eigenvalue weighted by Crippen LogP contribution is 2.32. The number of alkyl halides is 3. The molecule has 0 saturated heterocycles. The number of nitrogens with zero attached hydrogens (tertiary/aromatic N) is 1. The van der Waals surface area contributed by atoms with Crippen LogP contribution in [0.4, 0.5) is 23.7 Å².